The second kappa shape index (κ2) is 7.40. The Morgan fingerprint density at radius 1 is 1.12 bits per heavy atom. The molecule has 128 valence electrons. The number of nitro groups is 1. The number of amides is 2. The number of rotatable bonds is 5. The Hall–Kier alpha value is -2.14. The fraction of sp³-hybridized carbons (Fsp3) is 0.125. The normalized spacial score (nSPS) is 17.0. The summed E-state index contributed by atoms with van der Waals surface area (Å²) in [4.78, 5) is 35.9. The maximum Gasteiger partial charge on any atom is 0.291 e. The average Bonchev–Trinajstić information content (AvgIpc) is 2.85. The summed E-state index contributed by atoms with van der Waals surface area (Å²) in [6.45, 7) is 0.0908. The standard InChI is InChI=1S/C16H12IN3O4S/c17-11-3-5-12(6-4-11)18-14-15(21)19(16(22)25-14)9-10-1-7-13(8-2-10)20(23)24/h1-8,14,18H,9H2/t14-/m0/s1. The molecule has 1 atom stereocenters. The van der Waals surface area contributed by atoms with E-state index in [0.29, 0.717) is 5.56 Å². The molecule has 2 amide bonds. The smallest absolute Gasteiger partial charge is 0.291 e. The summed E-state index contributed by atoms with van der Waals surface area (Å²) in [7, 11) is 0. The maximum absolute atomic E-state index is 12.5. The molecule has 0 aromatic heterocycles. The van der Waals surface area contributed by atoms with E-state index in [1.165, 1.54) is 12.1 Å². The van der Waals surface area contributed by atoms with Crippen molar-refractivity contribution in [2.24, 2.45) is 0 Å². The molecule has 0 spiro atoms. The molecule has 1 fully saturated rings. The molecule has 9 heteroatoms. The zero-order valence-corrected chi connectivity index (χ0v) is 15.7. The lowest BCUT2D eigenvalue weighted by Crippen LogP contribution is -2.33. The number of carbonyl (C=O) groups is 2. The summed E-state index contributed by atoms with van der Waals surface area (Å²) in [5, 5.41) is 12.7. The first-order valence-corrected chi connectivity index (χ1v) is 9.17. The predicted molar refractivity (Wildman–Crippen MR) is 103 cm³/mol. The molecule has 1 aliphatic heterocycles. The van der Waals surface area contributed by atoms with Crippen LogP contribution in [0.15, 0.2) is 48.5 Å². The number of benzene rings is 2. The Morgan fingerprint density at radius 2 is 1.76 bits per heavy atom. The van der Waals surface area contributed by atoms with E-state index in [1.807, 2.05) is 24.3 Å². The van der Waals surface area contributed by atoms with Crippen molar-refractivity contribution in [3.05, 3.63) is 67.8 Å². The Kier molecular flexibility index (Phi) is 5.23. The van der Waals surface area contributed by atoms with E-state index in [9.17, 15) is 19.7 Å². The highest BCUT2D eigenvalue weighted by molar-refractivity contribution is 14.1. The van der Waals surface area contributed by atoms with Crippen LogP contribution in [0.4, 0.5) is 16.2 Å². The first-order chi connectivity index (χ1) is 11.9. The average molecular weight is 469 g/mol. The fourth-order valence-electron chi connectivity index (χ4n) is 2.28. The highest BCUT2D eigenvalue weighted by Gasteiger charge is 2.39. The Morgan fingerprint density at radius 3 is 2.36 bits per heavy atom. The minimum atomic E-state index is -0.675. The predicted octanol–water partition coefficient (Wildman–Crippen LogP) is 3.83. The Labute approximate surface area is 161 Å². The van der Waals surface area contributed by atoms with Gasteiger partial charge in [0.05, 0.1) is 11.5 Å². The highest BCUT2D eigenvalue weighted by atomic mass is 127. The van der Waals surface area contributed by atoms with Crippen LogP contribution in [0.25, 0.3) is 0 Å². The molecule has 1 saturated heterocycles. The van der Waals surface area contributed by atoms with Crippen LogP contribution in [0, 0.1) is 13.7 Å². The molecule has 3 rings (SSSR count). The number of halogens is 1. The third kappa shape index (κ3) is 4.10. The molecule has 0 bridgehead atoms. The van der Waals surface area contributed by atoms with Crippen LogP contribution in [-0.2, 0) is 11.3 Å². The monoisotopic (exact) mass is 469 g/mol. The van der Waals surface area contributed by atoms with Gasteiger partial charge in [0.2, 0.25) is 0 Å². The maximum atomic E-state index is 12.5. The van der Waals surface area contributed by atoms with Gasteiger partial charge in [-0.25, -0.2) is 0 Å². The zero-order chi connectivity index (χ0) is 18.0. The van der Waals surface area contributed by atoms with Gasteiger partial charge in [0, 0.05) is 21.4 Å². The van der Waals surface area contributed by atoms with Crippen molar-refractivity contribution in [1.29, 1.82) is 0 Å². The third-order valence-electron chi connectivity index (χ3n) is 3.56. The second-order valence-electron chi connectivity index (χ2n) is 5.26. The van der Waals surface area contributed by atoms with Crippen molar-refractivity contribution in [3.8, 4) is 0 Å². The second-order valence-corrected chi connectivity index (χ2v) is 7.56. The van der Waals surface area contributed by atoms with Gasteiger partial charge in [0.15, 0.2) is 5.37 Å². The van der Waals surface area contributed by atoms with Crippen molar-refractivity contribution in [2.45, 2.75) is 11.9 Å². The number of nitro benzene ring substituents is 1. The largest absolute Gasteiger partial charge is 0.365 e. The summed E-state index contributed by atoms with van der Waals surface area (Å²) in [6.07, 6.45) is 0. The quantitative estimate of drug-likeness (QED) is 0.407. The summed E-state index contributed by atoms with van der Waals surface area (Å²) in [5.74, 6) is -0.327. The van der Waals surface area contributed by atoms with E-state index in [2.05, 4.69) is 27.9 Å². The molecule has 0 radical (unpaired) electrons. The number of carbonyl (C=O) groups excluding carboxylic acids is 2. The van der Waals surface area contributed by atoms with E-state index in [1.54, 1.807) is 12.1 Å². The molecule has 0 unspecified atom stereocenters. The van der Waals surface area contributed by atoms with Crippen molar-refractivity contribution in [3.63, 3.8) is 0 Å². The van der Waals surface area contributed by atoms with Crippen molar-refractivity contribution in [2.75, 3.05) is 5.32 Å². The topological polar surface area (TPSA) is 92.6 Å². The number of nitrogens with zero attached hydrogens (tertiary/aromatic N) is 2. The summed E-state index contributed by atoms with van der Waals surface area (Å²) < 4.78 is 1.07. The van der Waals surface area contributed by atoms with E-state index in [-0.39, 0.29) is 23.4 Å². The fourth-order valence-corrected chi connectivity index (χ4v) is 3.55. The third-order valence-corrected chi connectivity index (χ3v) is 5.26. The molecule has 1 N–H and O–H groups in total. The van der Waals surface area contributed by atoms with Crippen molar-refractivity contribution < 1.29 is 14.5 Å². The molecule has 2 aromatic carbocycles. The lowest BCUT2D eigenvalue weighted by Gasteiger charge is -2.15. The number of thioether (sulfide) groups is 1. The Balaban J connectivity index is 1.68. The number of imide groups is 1. The first kappa shape index (κ1) is 17.7. The van der Waals surface area contributed by atoms with Crippen LogP contribution < -0.4 is 5.32 Å². The SMILES string of the molecule is O=C1S[C@H](Nc2ccc(I)cc2)C(=O)N1Cc1ccc([N+](=O)[O-])cc1. The van der Waals surface area contributed by atoms with Crippen LogP contribution in [0.2, 0.25) is 0 Å². The van der Waals surface area contributed by atoms with Gasteiger partial charge < -0.3 is 5.32 Å². The molecule has 0 aliphatic carbocycles. The molecule has 2 aromatic rings. The van der Waals surface area contributed by atoms with Gasteiger partial charge in [-0.1, -0.05) is 12.1 Å². The zero-order valence-electron chi connectivity index (χ0n) is 12.7. The number of anilines is 1. The van der Waals surface area contributed by atoms with E-state index in [0.717, 1.165) is 25.9 Å². The van der Waals surface area contributed by atoms with Crippen molar-refractivity contribution >= 4 is 56.9 Å². The van der Waals surface area contributed by atoms with Crippen LogP contribution in [-0.4, -0.2) is 26.3 Å². The lowest BCUT2D eigenvalue weighted by molar-refractivity contribution is -0.384. The molecule has 7 nitrogen and oxygen atoms in total. The summed E-state index contributed by atoms with van der Waals surface area (Å²) in [6, 6.07) is 13.3. The summed E-state index contributed by atoms with van der Waals surface area (Å²) in [5.41, 5.74) is 1.38. The van der Waals surface area contributed by atoms with Gasteiger partial charge >= 0.3 is 0 Å². The minimum absolute atomic E-state index is 0.0320. The van der Waals surface area contributed by atoms with Crippen molar-refractivity contribution in [1.82, 2.24) is 4.90 Å². The van der Waals surface area contributed by atoms with Gasteiger partial charge in [0.1, 0.15) is 0 Å². The minimum Gasteiger partial charge on any atom is -0.365 e. The first-order valence-electron chi connectivity index (χ1n) is 7.21. The molecular weight excluding hydrogens is 457 g/mol. The van der Waals surface area contributed by atoms with Gasteiger partial charge in [0.25, 0.3) is 16.8 Å². The van der Waals surface area contributed by atoms with E-state index in [4.69, 9.17) is 0 Å². The van der Waals surface area contributed by atoms with E-state index < -0.39 is 10.3 Å². The molecule has 25 heavy (non-hydrogen) atoms. The lowest BCUT2D eigenvalue weighted by atomic mass is 10.2. The molecule has 1 heterocycles. The van der Waals surface area contributed by atoms with Gasteiger partial charge in [-0.3, -0.25) is 24.6 Å². The highest BCUT2D eigenvalue weighted by Crippen LogP contribution is 2.30. The Bertz CT molecular complexity index is 826. The van der Waals surface area contributed by atoms with Crippen LogP contribution in [0.1, 0.15) is 5.56 Å². The van der Waals surface area contributed by atoms with Gasteiger partial charge in [-0.2, -0.15) is 0 Å². The number of non-ortho nitro benzene ring substituents is 1. The van der Waals surface area contributed by atoms with Gasteiger partial charge in [-0.15, -0.1) is 0 Å². The summed E-state index contributed by atoms with van der Waals surface area (Å²) >= 11 is 3.11. The number of hydrogen-bond acceptors (Lipinski definition) is 6. The van der Waals surface area contributed by atoms with Crippen LogP contribution >= 0.6 is 34.4 Å². The van der Waals surface area contributed by atoms with Crippen LogP contribution in [0.3, 0.4) is 0 Å². The number of nitrogens with one attached hydrogen (secondary N) is 1. The van der Waals surface area contributed by atoms with Gasteiger partial charge in [-0.05, 0) is 64.2 Å². The number of hydrogen-bond donors (Lipinski definition) is 1. The molecule has 0 saturated carbocycles. The van der Waals surface area contributed by atoms with E-state index >= 15 is 0 Å². The van der Waals surface area contributed by atoms with Crippen LogP contribution in [0.5, 0.6) is 0 Å². The molecule has 1 aliphatic rings. The molecular formula is C16H12IN3O4S.